The van der Waals surface area contributed by atoms with E-state index in [-0.39, 0.29) is 0 Å². The fourth-order valence-electron chi connectivity index (χ4n) is 1.92. The Morgan fingerprint density at radius 2 is 2.15 bits per heavy atom. The third-order valence-corrected chi connectivity index (χ3v) is 3.03. The molecular formula is C12H17N. The summed E-state index contributed by atoms with van der Waals surface area (Å²) in [5.41, 5.74) is 9.56. The average molecular weight is 175 g/mol. The van der Waals surface area contributed by atoms with Crippen molar-refractivity contribution < 1.29 is 0 Å². The fourth-order valence-corrected chi connectivity index (χ4v) is 1.92. The number of rotatable bonds is 2. The van der Waals surface area contributed by atoms with E-state index in [9.17, 15) is 0 Å². The SMILES string of the molecule is Cc1ccc(N)c(CC2CCC2)c1. The predicted molar refractivity (Wildman–Crippen MR) is 56.6 cm³/mol. The zero-order valence-corrected chi connectivity index (χ0v) is 8.22. The maximum atomic E-state index is 5.92. The third-order valence-electron chi connectivity index (χ3n) is 3.03. The Bertz CT molecular complexity index is 300. The van der Waals surface area contributed by atoms with Gasteiger partial charge in [-0.1, -0.05) is 37.0 Å². The van der Waals surface area contributed by atoms with Gasteiger partial charge in [0.25, 0.3) is 0 Å². The van der Waals surface area contributed by atoms with Crippen LogP contribution in [0, 0.1) is 12.8 Å². The lowest BCUT2D eigenvalue weighted by Gasteiger charge is -2.25. The minimum Gasteiger partial charge on any atom is -0.399 e. The van der Waals surface area contributed by atoms with E-state index in [1.807, 2.05) is 6.07 Å². The summed E-state index contributed by atoms with van der Waals surface area (Å²) >= 11 is 0. The molecule has 1 aromatic rings. The van der Waals surface area contributed by atoms with Crippen molar-refractivity contribution in [3.05, 3.63) is 29.3 Å². The van der Waals surface area contributed by atoms with Crippen molar-refractivity contribution in [2.75, 3.05) is 5.73 Å². The van der Waals surface area contributed by atoms with Crippen molar-refractivity contribution in [2.24, 2.45) is 5.92 Å². The van der Waals surface area contributed by atoms with Crippen LogP contribution in [0.1, 0.15) is 30.4 Å². The molecule has 0 spiro atoms. The highest BCUT2D eigenvalue weighted by Crippen LogP contribution is 2.31. The molecule has 0 radical (unpaired) electrons. The first kappa shape index (κ1) is 8.61. The second kappa shape index (κ2) is 3.41. The Kier molecular flexibility index (Phi) is 2.26. The van der Waals surface area contributed by atoms with E-state index in [2.05, 4.69) is 19.1 Å². The summed E-state index contributed by atoms with van der Waals surface area (Å²) in [5, 5.41) is 0. The molecular weight excluding hydrogens is 158 g/mol. The number of aryl methyl sites for hydroxylation is 1. The molecule has 1 nitrogen and oxygen atoms in total. The molecule has 0 aromatic heterocycles. The number of nitrogens with two attached hydrogens (primary N) is 1. The van der Waals surface area contributed by atoms with E-state index in [4.69, 9.17) is 5.73 Å². The van der Waals surface area contributed by atoms with Gasteiger partial charge in [-0.15, -0.1) is 0 Å². The number of hydrogen-bond donors (Lipinski definition) is 1. The number of benzene rings is 1. The lowest BCUT2D eigenvalue weighted by Crippen LogP contribution is -2.14. The van der Waals surface area contributed by atoms with Crippen molar-refractivity contribution in [3.63, 3.8) is 0 Å². The summed E-state index contributed by atoms with van der Waals surface area (Å²) in [6.45, 7) is 2.13. The Hall–Kier alpha value is -0.980. The quantitative estimate of drug-likeness (QED) is 0.687. The highest BCUT2D eigenvalue weighted by molar-refractivity contribution is 5.48. The fraction of sp³-hybridized carbons (Fsp3) is 0.500. The molecule has 0 bridgehead atoms. The van der Waals surface area contributed by atoms with Gasteiger partial charge in [0.15, 0.2) is 0 Å². The summed E-state index contributed by atoms with van der Waals surface area (Å²) in [4.78, 5) is 0. The average Bonchev–Trinajstić information content (AvgIpc) is 2.03. The first-order valence-corrected chi connectivity index (χ1v) is 5.11. The molecule has 1 heteroatoms. The van der Waals surface area contributed by atoms with Gasteiger partial charge in [-0.3, -0.25) is 0 Å². The lowest BCUT2D eigenvalue weighted by atomic mass is 9.80. The highest BCUT2D eigenvalue weighted by atomic mass is 14.6. The van der Waals surface area contributed by atoms with Crippen LogP contribution in [0.4, 0.5) is 5.69 Å². The van der Waals surface area contributed by atoms with Crippen LogP contribution in [0.3, 0.4) is 0 Å². The normalized spacial score (nSPS) is 17.0. The molecule has 2 N–H and O–H groups in total. The highest BCUT2D eigenvalue weighted by Gasteiger charge is 2.18. The van der Waals surface area contributed by atoms with E-state index in [0.29, 0.717) is 0 Å². The minimum absolute atomic E-state index is 0.907. The van der Waals surface area contributed by atoms with Crippen molar-refractivity contribution in [1.82, 2.24) is 0 Å². The first-order valence-electron chi connectivity index (χ1n) is 5.11. The Morgan fingerprint density at radius 3 is 2.77 bits per heavy atom. The van der Waals surface area contributed by atoms with Crippen LogP contribution in [-0.4, -0.2) is 0 Å². The Morgan fingerprint density at radius 1 is 1.38 bits per heavy atom. The number of hydrogen-bond acceptors (Lipinski definition) is 1. The molecule has 70 valence electrons. The number of nitrogen functional groups attached to an aromatic ring is 1. The standard InChI is InChI=1S/C12H17N/c1-9-5-6-12(13)11(7-9)8-10-3-2-4-10/h5-7,10H,2-4,8,13H2,1H3. The monoisotopic (exact) mass is 175 g/mol. The van der Waals surface area contributed by atoms with Gasteiger partial charge in [0.1, 0.15) is 0 Å². The molecule has 1 aliphatic rings. The van der Waals surface area contributed by atoms with Gasteiger partial charge in [0.2, 0.25) is 0 Å². The molecule has 0 heterocycles. The van der Waals surface area contributed by atoms with Gasteiger partial charge in [0, 0.05) is 5.69 Å². The van der Waals surface area contributed by atoms with Crippen LogP contribution in [-0.2, 0) is 6.42 Å². The van der Waals surface area contributed by atoms with Gasteiger partial charge in [0.05, 0.1) is 0 Å². The lowest BCUT2D eigenvalue weighted by molar-refractivity contribution is 0.315. The minimum atomic E-state index is 0.907. The maximum absolute atomic E-state index is 5.92. The zero-order valence-electron chi connectivity index (χ0n) is 8.22. The summed E-state index contributed by atoms with van der Waals surface area (Å²) in [6, 6.07) is 6.34. The summed E-state index contributed by atoms with van der Waals surface area (Å²) in [5.74, 6) is 0.907. The third kappa shape index (κ3) is 1.85. The zero-order chi connectivity index (χ0) is 9.26. The Balaban J connectivity index is 2.13. The van der Waals surface area contributed by atoms with Crippen LogP contribution in [0.25, 0.3) is 0 Å². The summed E-state index contributed by atoms with van der Waals surface area (Å²) in [7, 11) is 0. The topological polar surface area (TPSA) is 26.0 Å². The smallest absolute Gasteiger partial charge is 0.0346 e. The molecule has 0 unspecified atom stereocenters. The summed E-state index contributed by atoms with van der Waals surface area (Å²) in [6.07, 6.45) is 5.39. The van der Waals surface area contributed by atoms with Crippen LogP contribution in [0.5, 0.6) is 0 Å². The van der Waals surface area contributed by atoms with E-state index in [1.165, 1.54) is 36.8 Å². The van der Waals surface area contributed by atoms with Crippen molar-refractivity contribution in [2.45, 2.75) is 32.6 Å². The summed E-state index contributed by atoms with van der Waals surface area (Å²) < 4.78 is 0. The molecule has 1 aliphatic carbocycles. The van der Waals surface area contributed by atoms with Crippen molar-refractivity contribution >= 4 is 5.69 Å². The molecule has 0 amide bonds. The van der Waals surface area contributed by atoms with Crippen molar-refractivity contribution in [1.29, 1.82) is 0 Å². The molecule has 2 rings (SSSR count). The number of anilines is 1. The van der Waals surface area contributed by atoms with Gasteiger partial charge < -0.3 is 5.73 Å². The van der Waals surface area contributed by atoms with Gasteiger partial charge >= 0.3 is 0 Å². The largest absolute Gasteiger partial charge is 0.399 e. The molecule has 13 heavy (non-hydrogen) atoms. The van der Waals surface area contributed by atoms with Crippen LogP contribution < -0.4 is 5.73 Å². The van der Waals surface area contributed by atoms with Crippen LogP contribution >= 0.6 is 0 Å². The second-order valence-corrected chi connectivity index (χ2v) is 4.20. The molecule has 1 aromatic carbocycles. The van der Waals surface area contributed by atoms with Gasteiger partial charge in [-0.25, -0.2) is 0 Å². The van der Waals surface area contributed by atoms with Gasteiger partial charge in [-0.2, -0.15) is 0 Å². The molecule has 1 fully saturated rings. The molecule has 0 saturated heterocycles. The van der Waals surface area contributed by atoms with E-state index < -0.39 is 0 Å². The molecule has 0 atom stereocenters. The molecule has 0 aliphatic heterocycles. The first-order chi connectivity index (χ1) is 6.25. The second-order valence-electron chi connectivity index (χ2n) is 4.20. The molecule has 1 saturated carbocycles. The van der Waals surface area contributed by atoms with E-state index >= 15 is 0 Å². The van der Waals surface area contributed by atoms with Crippen LogP contribution in [0.15, 0.2) is 18.2 Å². The maximum Gasteiger partial charge on any atom is 0.0346 e. The van der Waals surface area contributed by atoms with Crippen molar-refractivity contribution in [3.8, 4) is 0 Å². The van der Waals surface area contributed by atoms with E-state index in [1.54, 1.807) is 0 Å². The Labute approximate surface area is 80.0 Å². The van der Waals surface area contributed by atoms with Gasteiger partial charge in [-0.05, 0) is 30.9 Å². The van der Waals surface area contributed by atoms with E-state index in [0.717, 1.165) is 11.6 Å². The predicted octanol–water partition coefficient (Wildman–Crippen LogP) is 2.92. The van der Waals surface area contributed by atoms with Crippen LogP contribution in [0.2, 0.25) is 0 Å².